The van der Waals surface area contributed by atoms with Crippen LogP contribution in [0.25, 0.3) is 11.3 Å². The van der Waals surface area contributed by atoms with Gasteiger partial charge in [0.1, 0.15) is 5.69 Å². The third kappa shape index (κ3) is 2.10. The number of hydrogen-bond donors (Lipinski definition) is 1. The van der Waals surface area contributed by atoms with Gasteiger partial charge in [-0.25, -0.2) is 9.97 Å². The molecule has 0 bridgehead atoms. The molecule has 0 aliphatic carbocycles. The number of rotatable bonds is 2. The Bertz CT molecular complexity index is 627. The molecule has 2 heterocycles. The van der Waals surface area contributed by atoms with Crippen molar-refractivity contribution in [3.8, 4) is 11.3 Å². The first kappa shape index (κ1) is 11.9. The molecule has 0 aliphatic heterocycles. The molecule has 0 radical (unpaired) electrons. The predicted octanol–water partition coefficient (Wildman–Crippen LogP) is 1.65. The maximum absolute atomic E-state index is 11.1. The average Bonchev–Trinajstić information content (AvgIpc) is 2.27. The molecule has 0 aliphatic rings. The van der Waals surface area contributed by atoms with E-state index in [9.17, 15) is 10.1 Å². The number of nitrogens with zero attached hydrogens (tertiary/aromatic N) is 4. The standard InChI is InChI=1S/C11H11N5O2/c1-6-3-8(5-13-4-6)9-10(16(17)18)7(2)14-11(12)15-9/h3-5H,1-2H3,(H2,12,14,15). The van der Waals surface area contributed by atoms with Crippen LogP contribution >= 0.6 is 0 Å². The Morgan fingerprint density at radius 1 is 1.28 bits per heavy atom. The summed E-state index contributed by atoms with van der Waals surface area (Å²) in [6, 6.07) is 1.77. The molecule has 2 N–H and O–H groups in total. The highest BCUT2D eigenvalue weighted by atomic mass is 16.6. The average molecular weight is 245 g/mol. The molecule has 0 saturated carbocycles. The lowest BCUT2D eigenvalue weighted by atomic mass is 10.1. The van der Waals surface area contributed by atoms with Crippen molar-refractivity contribution < 1.29 is 4.92 Å². The van der Waals surface area contributed by atoms with E-state index in [2.05, 4.69) is 15.0 Å². The topological polar surface area (TPSA) is 108 Å². The van der Waals surface area contributed by atoms with Crippen molar-refractivity contribution >= 4 is 11.6 Å². The monoisotopic (exact) mass is 245 g/mol. The Kier molecular flexibility index (Phi) is 2.88. The Hall–Kier alpha value is -2.57. The van der Waals surface area contributed by atoms with Gasteiger partial charge in [0.15, 0.2) is 5.69 Å². The first-order valence-electron chi connectivity index (χ1n) is 5.19. The summed E-state index contributed by atoms with van der Waals surface area (Å²) in [7, 11) is 0. The quantitative estimate of drug-likeness (QED) is 0.636. The minimum absolute atomic E-state index is 0.00889. The number of hydrogen-bond acceptors (Lipinski definition) is 6. The molecule has 2 aromatic rings. The minimum Gasteiger partial charge on any atom is -0.368 e. The number of nitrogens with two attached hydrogens (primary N) is 1. The van der Waals surface area contributed by atoms with E-state index >= 15 is 0 Å². The highest BCUT2D eigenvalue weighted by Gasteiger charge is 2.22. The lowest BCUT2D eigenvalue weighted by molar-refractivity contribution is -0.385. The number of pyridine rings is 1. The van der Waals surface area contributed by atoms with Gasteiger partial charge in [0, 0.05) is 18.0 Å². The van der Waals surface area contributed by atoms with Crippen LogP contribution < -0.4 is 5.73 Å². The molecule has 0 unspecified atom stereocenters. The summed E-state index contributed by atoms with van der Waals surface area (Å²) >= 11 is 0. The van der Waals surface area contributed by atoms with E-state index in [0.29, 0.717) is 5.56 Å². The highest BCUT2D eigenvalue weighted by Crippen LogP contribution is 2.30. The summed E-state index contributed by atoms with van der Waals surface area (Å²) in [5.74, 6) is 0.00889. The van der Waals surface area contributed by atoms with Crippen molar-refractivity contribution in [1.29, 1.82) is 0 Å². The number of nitro groups is 1. The van der Waals surface area contributed by atoms with E-state index in [0.717, 1.165) is 5.56 Å². The molecule has 0 saturated heterocycles. The van der Waals surface area contributed by atoms with Gasteiger partial charge in [-0.3, -0.25) is 15.1 Å². The Balaban J connectivity index is 2.73. The van der Waals surface area contributed by atoms with Crippen molar-refractivity contribution in [3.63, 3.8) is 0 Å². The molecule has 7 heteroatoms. The molecule has 0 atom stereocenters. The Labute approximate surface area is 103 Å². The molecule has 2 rings (SSSR count). The molecule has 0 amide bonds. The van der Waals surface area contributed by atoms with Crippen LogP contribution in [0, 0.1) is 24.0 Å². The lowest BCUT2D eigenvalue weighted by Gasteiger charge is -2.05. The molecule has 7 nitrogen and oxygen atoms in total. The first-order chi connectivity index (χ1) is 8.49. The van der Waals surface area contributed by atoms with Crippen LogP contribution in [0.1, 0.15) is 11.3 Å². The van der Waals surface area contributed by atoms with Gasteiger partial charge in [0.25, 0.3) is 0 Å². The van der Waals surface area contributed by atoms with Crippen LogP contribution in [0.4, 0.5) is 11.6 Å². The van der Waals surface area contributed by atoms with Crippen LogP contribution in [0.5, 0.6) is 0 Å². The maximum atomic E-state index is 11.1. The molecular weight excluding hydrogens is 234 g/mol. The van der Waals surface area contributed by atoms with Gasteiger partial charge in [-0.15, -0.1) is 0 Å². The van der Waals surface area contributed by atoms with Crippen molar-refractivity contribution in [3.05, 3.63) is 39.8 Å². The maximum Gasteiger partial charge on any atom is 0.316 e. The van der Waals surface area contributed by atoms with Gasteiger partial charge in [-0.1, -0.05) is 0 Å². The van der Waals surface area contributed by atoms with E-state index in [4.69, 9.17) is 5.73 Å². The summed E-state index contributed by atoms with van der Waals surface area (Å²) in [5.41, 5.74) is 7.27. The Morgan fingerprint density at radius 3 is 2.61 bits per heavy atom. The van der Waals surface area contributed by atoms with E-state index in [1.54, 1.807) is 12.3 Å². The number of nitrogen functional groups attached to an aromatic ring is 1. The molecule has 0 aromatic carbocycles. The van der Waals surface area contributed by atoms with Gasteiger partial charge >= 0.3 is 5.69 Å². The summed E-state index contributed by atoms with van der Waals surface area (Å²) < 4.78 is 0. The summed E-state index contributed by atoms with van der Waals surface area (Å²) in [6.45, 7) is 3.38. The van der Waals surface area contributed by atoms with Gasteiger partial charge in [0.2, 0.25) is 5.95 Å². The van der Waals surface area contributed by atoms with Gasteiger partial charge in [-0.05, 0) is 25.5 Å². The van der Waals surface area contributed by atoms with Crippen molar-refractivity contribution in [2.75, 3.05) is 5.73 Å². The zero-order valence-corrected chi connectivity index (χ0v) is 9.91. The molecule has 92 valence electrons. The molecule has 2 aromatic heterocycles. The minimum atomic E-state index is -0.508. The summed E-state index contributed by atoms with van der Waals surface area (Å²) in [4.78, 5) is 22.3. The number of aryl methyl sites for hydroxylation is 2. The zero-order chi connectivity index (χ0) is 13.3. The van der Waals surface area contributed by atoms with E-state index in [1.165, 1.54) is 13.1 Å². The molecule has 18 heavy (non-hydrogen) atoms. The van der Waals surface area contributed by atoms with E-state index in [1.807, 2.05) is 6.92 Å². The van der Waals surface area contributed by atoms with Gasteiger partial charge < -0.3 is 5.73 Å². The van der Waals surface area contributed by atoms with Crippen LogP contribution in [0.3, 0.4) is 0 Å². The van der Waals surface area contributed by atoms with Gasteiger partial charge in [0.05, 0.1) is 4.92 Å². The fraction of sp³-hybridized carbons (Fsp3) is 0.182. The van der Waals surface area contributed by atoms with Crippen molar-refractivity contribution in [1.82, 2.24) is 15.0 Å². The van der Waals surface area contributed by atoms with Crippen molar-refractivity contribution in [2.24, 2.45) is 0 Å². The number of anilines is 1. The second-order valence-electron chi connectivity index (χ2n) is 3.87. The smallest absolute Gasteiger partial charge is 0.316 e. The van der Waals surface area contributed by atoms with Crippen molar-refractivity contribution in [2.45, 2.75) is 13.8 Å². The zero-order valence-electron chi connectivity index (χ0n) is 9.91. The fourth-order valence-corrected chi connectivity index (χ4v) is 1.69. The largest absolute Gasteiger partial charge is 0.368 e. The third-order valence-corrected chi connectivity index (χ3v) is 2.41. The molecule has 0 spiro atoms. The van der Waals surface area contributed by atoms with Crippen LogP contribution in [-0.2, 0) is 0 Å². The fourth-order valence-electron chi connectivity index (χ4n) is 1.69. The van der Waals surface area contributed by atoms with Gasteiger partial charge in [-0.2, -0.15) is 0 Å². The predicted molar refractivity (Wildman–Crippen MR) is 65.8 cm³/mol. The summed E-state index contributed by atoms with van der Waals surface area (Å²) in [5, 5.41) is 11.1. The SMILES string of the molecule is Cc1cncc(-c2nc(N)nc(C)c2[N+](=O)[O-])c1. The first-order valence-corrected chi connectivity index (χ1v) is 5.19. The van der Waals surface area contributed by atoms with Crippen LogP contribution in [-0.4, -0.2) is 19.9 Å². The molecular formula is C11H11N5O2. The third-order valence-electron chi connectivity index (χ3n) is 2.41. The van der Waals surface area contributed by atoms with Crippen LogP contribution in [0.2, 0.25) is 0 Å². The highest BCUT2D eigenvalue weighted by molar-refractivity contribution is 5.71. The van der Waals surface area contributed by atoms with Crippen LogP contribution in [0.15, 0.2) is 18.5 Å². The second kappa shape index (κ2) is 4.36. The number of aromatic nitrogens is 3. The summed E-state index contributed by atoms with van der Waals surface area (Å²) in [6.07, 6.45) is 3.17. The van der Waals surface area contributed by atoms with E-state index in [-0.39, 0.29) is 23.0 Å². The molecule has 0 fully saturated rings. The normalized spacial score (nSPS) is 10.3. The second-order valence-corrected chi connectivity index (χ2v) is 3.87. The van der Waals surface area contributed by atoms with E-state index < -0.39 is 4.92 Å². The lowest BCUT2D eigenvalue weighted by Crippen LogP contribution is -2.04. The Morgan fingerprint density at radius 2 is 2.00 bits per heavy atom.